The Balaban J connectivity index is 1.64. The number of nitrogens with zero attached hydrogens (tertiary/aromatic N) is 1. The second-order valence-electron chi connectivity index (χ2n) is 12.5. The van der Waals surface area contributed by atoms with E-state index in [0.717, 1.165) is 19.3 Å². The first kappa shape index (κ1) is 35.5. The maximum Gasteiger partial charge on any atom is 0.410 e. The highest BCUT2D eigenvalue weighted by Crippen LogP contribution is 2.45. The monoisotopic (exact) mass is 648 g/mol. The van der Waals surface area contributed by atoms with Gasteiger partial charge in [0.25, 0.3) is 15.9 Å². The Kier molecular flexibility index (Phi) is 11.8. The second-order valence-corrected chi connectivity index (χ2v) is 14.1. The van der Waals surface area contributed by atoms with Crippen molar-refractivity contribution in [3.63, 3.8) is 0 Å². The highest BCUT2D eigenvalue weighted by Gasteiger charge is 2.61. The molecule has 45 heavy (non-hydrogen) atoms. The Hall–Kier alpha value is -3.94. The number of hydrogen-bond acceptors (Lipinski definition) is 8. The Morgan fingerprint density at radius 2 is 1.71 bits per heavy atom. The zero-order valence-corrected chi connectivity index (χ0v) is 26.9. The zero-order valence-electron chi connectivity index (χ0n) is 26.1. The number of ether oxygens (including phenoxy) is 1. The van der Waals surface area contributed by atoms with Crippen molar-refractivity contribution in [2.45, 2.75) is 107 Å². The predicted molar refractivity (Wildman–Crippen MR) is 165 cm³/mol. The molecule has 248 valence electrons. The lowest BCUT2D eigenvalue weighted by Gasteiger charge is -2.29. The number of carbonyl (C=O) groups excluding carboxylic acids is 4. The molecule has 2 fully saturated rings. The van der Waals surface area contributed by atoms with Crippen LogP contribution in [0.25, 0.3) is 0 Å². The van der Waals surface area contributed by atoms with Gasteiger partial charge in [-0.2, -0.15) is 0 Å². The number of benzene rings is 1. The number of rotatable bonds is 15. The van der Waals surface area contributed by atoms with Gasteiger partial charge in [-0.3, -0.25) is 24.1 Å². The zero-order chi connectivity index (χ0) is 33.4. The number of aliphatic carboxylic acids is 1. The van der Waals surface area contributed by atoms with Crippen LogP contribution in [0.4, 0.5) is 10.5 Å². The van der Waals surface area contributed by atoms with E-state index in [-0.39, 0.29) is 29.8 Å². The van der Waals surface area contributed by atoms with Crippen LogP contribution in [-0.2, 0) is 33.9 Å². The molecule has 1 aromatic carbocycles. The quantitative estimate of drug-likeness (QED) is 0.162. The molecule has 3 atom stereocenters. The molecule has 1 saturated heterocycles. The fraction of sp³-hybridized carbons (Fsp3) is 0.581. The molecular formula is C31H44N4O9S. The van der Waals surface area contributed by atoms with Gasteiger partial charge in [0.1, 0.15) is 22.1 Å². The Bertz CT molecular complexity index is 1410. The van der Waals surface area contributed by atoms with E-state index in [2.05, 4.69) is 21.9 Å². The molecule has 0 radical (unpaired) electrons. The van der Waals surface area contributed by atoms with Crippen molar-refractivity contribution in [2.24, 2.45) is 5.92 Å². The summed E-state index contributed by atoms with van der Waals surface area (Å²) in [6.07, 6.45) is 5.46. The van der Waals surface area contributed by atoms with E-state index in [1.54, 1.807) is 26.8 Å². The van der Waals surface area contributed by atoms with E-state index >= 15 is 0 Å². The number of sulfonamides is 1. The van der Waals surface area contributed by atoms with E-state index in [0.29, 0.717) is 32.2 Å². The number of anilines is 1. The summed E-state index contributed by atoms with van der Waals surface area (Å²) >= 11 is 0. The van der Waals surface area contributed by atoms with Crippen LogP contribution in [-0.4, -0.2) is 71.9 Å². The van der Waals surface area contributed by atoms with Crippen molar-refractivity contribution in [2.75, 3.05) is 11.9 Å². The average Bonchev–Trinajstić information content (AvgIpc) is 3.42. The fourth-order valence-electron chi connectivity index (χ4n) is 5.29. The molecule has 0 bridgehead atoms. The first-order chi connectivity index (χ1) is 21.1. The summed E-state index contributed by atoms with van der Waals surface area (Å²) in [5, 5.41) is 14.0. The molecule has 1 aromatic rings. The molecular weight excluding hydrogens is 604 g/mol. The van der Waals surface area contributed by atoms with Crippen molar-refractivity contribution in [1.29, 1.82) is 0 Å². The molecule has 13 nitrogen and oxygen atoms in total. The molecule has 3 rings (SSSR count). The second kappa shape index (κ2) is 14.9. The minimum absolute atomic E-state index is 0.00244. The van der Waals surface area contributed by atoms with Gasteiger partial charge in [0.15, 0.2) is 0 Å². The van der Waals surface area contributed by atoms with Crippen LogP contribution in [0.5, 0.6) is 0 Å². The molecule has 0 aromatic heterocycles. The van der Waals surface area contributed by atoms with Crippen molar-refractivity contribution in [3.05, 3.63) is 36.9 Å². The van der Waals surface area contributed by atoms with Crippen LogP contribution in [0.15, 0.2) is 41.8 Å². The van der Waals surface area contributed by atoms with Gasteiger partial charge in [0.2, 0.25) is 11.8 Å². The molecule has 1 heterocycles. The molecule has 4 amide bonds. The van der Waals surface area contributed by atoms with Crippen LogP contribution in [0.2, 0.25) is 0 Å². The number of hydrogen-bond donors (Lipinski definition) is 4. The summed E-state index contributed by atoms with van der Waals surface area (Å²) in [6, 6.07) is 4.79. The average molecular weight is 649 g/mol. The number of amides is 4. The van der Waals surface area contributed by atoms with Crippen molar-refractivity contribution >= 4 is 45.5 Å². The third-order valence-electron chi connectivity index (χ3n) is 7.71. The Labute approximate surface area is 264 Å². The third kappa shape index (κ3) is 9.77. The molecule has 4 N–H and O–H groups in total. The molecule has 1 aliphatic carbocycles. The van der Waals surface area contributed by atoms with Crippen molar-refractivity contribution in [1.82, 2.24) is 14.9 Å². The van der Waals surface area contributed by atoms with E-state index in [9.17, 15) is 32.4 Å². The highest BCUT2D eigenvalue weighted by molar-refractivity contribution is 7.90. The molecule has 14 heteroatoms. The summed E-state index contributed by atoms with van der Waals surface area (Å²) < 4.78 is 34.3. The highest BCUT2D eigenvalue weighted by atomic mass is 32.2. The number of nitrogens with one attached hydrogen (secondary N) is 3. The summed E-state index contributed by atoms with van der Waals surface area (Å²) in [5.74, 6) is -3.32. The van der Waals surface area contributed by atoms with Crippen molar-refractivity contribution < 1.29 is 42.2 Å². The van der Waals surface area contributed by atoms with Gasteiger partial charge in [0.05, 0.1) is 5.69 Å². The van der Waals surface area contributed by atoms with E-state index < -0.39 is 62.9 Å². The first-order valence-corrected chi connectivity index (χ1v) is 16.7. The molecule has 2 aliphatic rings. The number of carbonyl (C=O) groups is 5. The van der Waals surface area contributed by atoms with Gasteiger partial charge in [-0.1, -0.05) is 37.5 Å². The van der Waals surface area contributed by atoms with Gasteiger partial charge in [-0.15, -0.1) is 6.58 Å². The summed E-state index contributed by atoms with van der Waals surface area (Å²) in [4.78, 5) is 63.7. The Morgan fingerprint density at radius 1 is 1.07 bits per heavy atom. The van der Waals surface area contributed by atoms with Crippen molar-refractivity contribution in [3.8, 4) is 0 Å². The molecule has 0 spiro atoms. The van der Waals surface area contributed by atoms with Gasteiger partial charge in [0, 0.05) is 25.3 Å². The van der Waals surface area contributed by atoms with E-state index in [1.165, 1.54) is 29.2 Å². The standard InChI is InChI=1S/C31H44N4O9S/c1-5-21-20-31(21,33-27(39)23-15-13-19-35(23)29(41)44-30(2,3)4)28(40)34-45(42,43)24-16-12-11-14-22(24)32-25(36)17-9-7-6-8-10-18-26(37)38/h5,11-12,14,16,21,23H,1,6-10,13,15,17-20H2,2-4H3,(H,32,36)(H,33,39)(H,34,40)(H,37,38)/t21-,23+,31-/m1/s1. The summed E-state index contributed by atoms with van der Waals surface area (Å²) in [5.41, 5.74) is -2.34. The SMILES string of the molecule is C=C[C@@H]1C[C@]1(NC(=O)[C@@H]1CCCN1C(=O)OC(C)(C)C)C(=O)NS(=O)(=O)c1ccccc1NC(=O)CCCCCCCC(=O)O. The number of likely N-dealkylation sites (tertiary alicyclic amines) is 1. The molecule has 1 aliphatic heterocycles. The lowest BCUT2D eigenvalue weighted by atomic mass is 10.1. The van der Waals surface area contributed by atoms with Crippen LogP contribution >= 0.6 is 0 Å². The lowest BCUT2D eigenvalue weighted by Crippen LogP contribution is -2.56. The maximum atomic E-state index is 13.5. The molecule has 0 unspecified atom stereocenters. The first-order valence-electron chi connectivity index (χ1n) is 15.2. The number of carboxylic acid groups (broad SMARTS) is 1. The van der Waals surface area contributed by atoms with E-state index in [1.807, 2.05) is 0 Å². The number of carboxylic acids is 1. The molecule has 1 saturated carbocycles. The topological polar surface area (TPSA) is 188 Å². The maximum absolute atomic E-state index is 13.5. The largest absolute Gasteiger partial charge is 0.481 e. The Morgan fingerprint density at radius 3 is 2.33 bits per heavy atom. The van der Waals surface area contributed by atoms with Crippen LogP contribution in [0.3, 0.4) is 0 Å². The minimum Gasteiger partial charge on any atom is -0.481 e. The third-order valence-corrected chi connectivity index (χ3v) is 9.10. The number of unbranched alkanes of at least 4 members (excludes halogenated alkanes) is 4. The van der Waals surface area contributed by atoms with Crippen LogP contribution in [0.1, 0.15) is 85.0 Å². The summed E-state index contributed by atoms with van der Waals surface area (Å²) in [7, 11) is -4.48. The normalized spacial score (nSPS) is 21.0. The summed E-state index contributed by atoms with van der Waals surface area (Å²) in [6.45, 7) is 9.16. The van der Waals surface area contributed by atoms with Crippen LogP contribution in [0, 0.1) is 5.92 Å². The van der Waals surface area contributed by atoms with Gasteiger partial charge in [-0.25, -0.2) is 17.9 Å². The minimum atomic E-state index is -4.48. The van der Waals surface area contributed by atoms with Gasteiger partial charge < -0.3 is 20.5 Å². The van der Waals surface area contributed by atoms with Gasteiger partial charge in [-0.05, 0) is 65.0 Å². The van der Waals surface area contributed by atoms with E-state index in [4.69, 9.17) is 9.84 Å². The fourth-order valence-corrected chi connectivity index (χ4v) is 6.50. The smallest absolute Gasteiger partial charge is 0.410 e. The van der Waals surface area contributed by atoms with Gasteiger partial charge >= 0.3 is 12.1 Å². The predicted octanol–water partition coefficient (Wildman–Crippen LogP) is 3.71. The lowest BCUT2D eigenvalue weighted by molar-refractivity contribution is -0.137. The van der Waals surface area contributed by atoms with Crippen LogP contribution < -0.4 is 15.4 Å². The number of para-hydroxylation sites is 1.